The number of hydrogen-bond donors (Lipinski definition) is 1. The molecule has 0 aromatic heterocycles. The summed E-state index contributed by atoms with van der Waals surface area (Å²) >= 11 is 5.79. The highest BCUT2D eigenvalue weighted by Gasteiger charge is 2.18. The molecule has 0 aliphatic carbocycles. The molecule has 0 amide bonds. The van der Waals surface area contributed by atoms with Crippen molar-refractivity contribution in [3.63, 3.8) is 0 Å². The van der Waals surface area contributed by atoms with Crippen LogP contribution in [-0.4, -0.2) is 31.9 Å². The SMILES string of the molecule is CC1COCC(COc2ccc(Cl)cc2)N1. The van der Waals surface area contributed by atoms with Gasteiger partial charge in [-0.05, 0) is 31.2 Å². The second-order valence-electron chi connectivity index (χ2n) is 4.07. The molecule has 1 N–H and O–H groups in total. The topological polar surface area (TPSA) is 30.5 Å². The van der Waals surface area contributed by atoms with Crippen LogP contribution in [0.4, 0.5) is 0 Å². The van der Waals surface area contributed by atoms with Gasteiger partial charge >= 0.3 is 0 Å². The Balaban J connectivity index is 1.80. The zero-order valence-electron chi connectivity index (χ0n) is 9.28. The molecule has 0 saturated carbocycles. The van der Waals surface area contributed by atoms with E-state index in [0.717, 1.165) is 17.4 Å². The number of halogens is 1. The third-order valence-electron chi connectivity index (χ3n) is 2.47. The number of nitrogens with one attached hydrogen (secondary N) is 1. The van der Waals surface area contributed by atoms with Crippen molar-refractivity contribution in [1.82, 2.24) is 5.32 Å². The average molecular weight is 242 g/mol. The number of ether oxygens (including phenoxy) is 2. The maximum atomic E-state index is 5.79. The van der Waals surface area contributed by atoms with Gasteiger partial charge in [0.05, 0.1) is 19.3 Å². The van der Waals surface area contributed by atoms with Crippen LogP contribution < -0.4 is 10.1 Å². The minimum absolute atomic E-state index is 0.263. The first-order valence-electron chi connectivity index (χ1n) is 5.46. The number of rotatable bonds is 3. The summed E-state index contributed by atoms with van der Waals surface area (Å²) in [7, 11) is 0. The third-order valence-corrected chi connectivity index (χ3v) is 2.72. The Morgan fingerprint density at radius 1 is 1.38 bits per heavy atom. The molecule has 16 heavy (non-hydrogen) atoms. The molecule has 1 aliphatic rings. The van der Waals surface area contributed by atoms with Crippen LogP contribution in [0.15, 0.2) is 24.3 Å². The van der Waals surface area contributed by atoms with Crippen molar-refractivity contribution < 1.29 is 9.47 Å². The van der Waals surface area contributed by atoms with Crippen LogP contribution in [0.1, 0.15) is 6.92 Å². The summed E-state index contributed by atoms with van der Waals surface area (Å²) in [5.74, 6) is 0.837. The van der Waals surface area contributed by atoms with E-state index >= 15 is 0 Å². The van der Waals surface area contributed by atoms with Crippen LogP contribution in [-0.2, 0) is 4.74 Å². The summed E-state index contributed by atoms with van der Waals surface area (Å²) in [6, 6.07) is 8.05. The van der Waals surface area contributed by atoms with Gasteiger partial charge in [-0.3, -0.25) is 0 Å². The van der Waals surface area contributed by atoms with E-state index in [4.69, 9.17) is 21.1 Å². The molecule has 0 spiro atoms. The molecule has 4 heteroatoms. The van der Waals surface area contributed by atoms with Crippen LogP contribution in [0.5, 0.6) is 5.75 Å². The summed E-state index contributed by atoms with van der Waals surface area (Å²) in [5.41, 5.74) is 0. The van der Waals surface area contributed by atoms with Crippen LogP contribution in [0, 0.1) is 0 Å². The Morgan fingerprint density at radius 3 is 2.81 bits per heavy atom. The summed E-state index contributed by atoms with van der Waals surface area (Å²) in [4.78, 5) is 0. The van der Waals surface area contributed by atoms with Crippen LogP contribution >= 0.6 is 11.6 Å². The Labute approximate surface area is 101 Å². The molecule has 1 heterocycles. The lowest BCUT2D eigenvalue weighted by Crippen LogP contribution is -2.50. The van der Waals surface area contributed by atoms with Crippen molar-refractivity contribution in [3.8, 4) is 5.75 Å². The van der Waals surface area contributed by atoms with E-state index in [1.54, 1.807) is 0 Å². The summed E-state index contributed by atoms with van der Waals surface area (Å²) in [6.45, 7) is 4.20. The zero-order chi connectivity index (χ0) is 11.4. The van der Waals surface area contributed by atoms with Gasteiger partial charge in [-0.25, -0.2) is 0 Å². The van der Waals surface area contributed by atoms with Crippen LogP contribution in [0.2, 0.25) is 5.02 Å². The van der Waals surface area contributed by atoms with E-state index in [1.165, 1.54) is 0 Å². The van der Waals surface area contributed by atoms with Crippen molar-refractivity contribution in [3.05, 3.63) is 29.3 Å². The molecule has 1 aromatic carbocycles. The molecular weight excluding hydrogens is 226 g/mol. The molecule has 88 valence electrons. The van der Waals surface area contributed by atoms with Gasteiger partial charge in [-0.15, -0.1) is 0 Å². The number of morpholine rings is 1. The van der Waals surface area contributed by atoms with Crippen LogP contribution in [0.3, 0.4) is 0 Å². The molecule has 2 atom stereocenters. The number of benzene rings is 1. The molecule has 3 nitrogen and oxygen atoms in total. The first-order valence-corrected chi connectivity index (χ1v) is 5.84. The summed E-state index contributed by atoms with van der Waals surface area (Å²) in [6.07, 6.45) is 0. The molecule has 0 bridgehead atoms. The molecular formula is C12H16ClNO2. The second-order valence-corrected chi connectivity index (χ2v) is 4.50. The Bertz CT molecular complexity index is 328. The fourth-order valence-corrected chi connectivity index (χ4v) is 1.84. The lowest BCUT2D eigenvalue weighted by Gasteiger charge is -2.28. The smallest absolute Gasteiger partial charge is 0.119 e. The first kappa shape index (κ1) is 11.7. The van der Waals surface area contributed by atoms with Crippen molar-refractivity contribution >= 4 is 11.6 Å². The molecule has 1 aliphatic heterocycles. The largest absolute Gasteiger partial charge is 0.492 e. The van der Waals surface area contributed by atoms with Crippen molar-refractivity contribution in [1.29, 1.82) is 0 Å². The summed E-state index contributed by atoms with van der Waals surface area (Å²) < 4.78 is 11.1. The lowest BCUT2D eigenvalue weighted by molar-refractivity contribution is 0.0353. The average Bonchev–Trinajstić information content (AvgIpc) is 2.28. The fourth-order valence-electron chi connectivity index (χ4n) is 1.71. The fraction of sp³-hybridized carbons (Fsp3) is 0.500. The van der Waals surface area contributed by atoms with E-state index in [-0.39, 0.29) is 6.04 Å². The zero-order valence-corrected chi connectivity index (χ0v) is 10.0. The van der Waals surface area contributed by atoms with Gasteiger partial charge in [0.15, 0.2) is 0 Å². The van der Waals surface area contributed by atoms with E-state index in [1.807, 2.05) is 24.3 Å². The highest BCUT2D eigenvalue weighted by molar-refractivity contribution is 6.30. The number of hydrogen-bond acceptors (Lipinski definition) is 3. The Hall–Kier alpha value is -0.770. The molecule has 1 saturated heterocycles. The van der Waals surface area contributed by atoms with Gasteiger partial charge < -0.3 is 14.8 Å². The summed E-state index contributed by atoms with van der Waals surface area (Å²) in [5, 5.41) is 4.14. The van der Waals surface area contributed by atoms with E-state index < -0.39 is 0 Å². The maximum Gasteiger partial charge on any atom is 0.119 e. The molecule has 2 rings (SSSR count). The van der Waals surface area contributed by atoms with E-state index in [0.29, 0.717) is 19.3 Å². The molecule has 1 aromatic rings. The van der Waals surface area contributed by atoms with Crippen molar-refractivity contribution in [2.45, 2.75) is 19.0 Å². The second kappa shape index (κ2) is 5.53. The lowest BCUT2D eigenvalue weighted by atomic mass is 10.2. The van der Waals surface area contributed by atoms with Gasteiger partial charge in [0.2, 0.25) is 0 Å². The Morgan fingerprint density at radius 2 is 2.12 bits per heavy atom. The van der Waals surface area contributed by atoms with E-state index in [2.05, 4.69) is 12.2 Å². The Kier molecular flexibility index (Phi) is 4.04. The minimum Gasteiger partial charge on any atom is -0.492 e. The molecule has 2 unspecified atom stereocenters. The maximum absolute atomic E-state index is 5.79. The van der Waals surface area contributed by atoms with Crippen LogP contribution in [0.25, 0.3) is 0 Å². The van der Waals surface area contributed by atoms with Gasteiger partial charge in [0, 0.05) is 11.1 Å². The first-order chi connectivity index (χ1) is 7.74. The highest BCUT2D eigenvalue weighted by Crippen LogP contribution is 2.15. The van der Waals surface area contributed by atoms with Gasteiger partial charge in [0.1, 0.15) is 12.4 Å². The quantitative estimate of drug-likeness (QED) is 0.879. The highest BCUT2D eigenvalue weighted by atomic mass is 35.5. The van der Waals surface area contributed by atoms with Gasteiger partial charge in [-0.2, -0.15) is 0 Å². The van der Waals surface area contributed by atoms with Gasteiger partial charge in [0.25, 0.3) is 0 Å². The normalized spacial score (nSPS) is 25.4. The minimum atomic E-state index is 0.263. The monoisotopic (exact) mass is 241 g/mol. The third kappa shape index (κ3) is 3.37. The standard InChI is InChI=1S/C12H16ClNO2/c1-9-6-15-7-11(14-9)8-16-12-4-2-10(13)3-5-12/h2-5,9,11,14H,6-8H2,1H3. The van der Waals surface area contributed by atoms with Crippen molar-refractivity contribution in [2.24, 2.45) is 0 Å². The van der Waals surface area contributed by atoms with E-state index in [9.17, 15) is 0 Å². The predicted molar refractivity (Wildman–Crippen MR) is 64.2 cm³/mol. The molecule has 0 radical (unpaired) electrons. The molecule has 1 fully saturated rings. The van der Waals surface area contributed by atoms with Crippen molar-refractivity contribution in [2.75, 3.05) is 19.8 Å². The predicted octanol–water partition coefficient (Wildman–Crippen LogP) is 2.10. The van der Waals surface area contributed by atoms with Gasteiger partial charge in [-0.1, -0.05) is 11.6 Å².